The number of carbonyl (C=O) groups is 3. The monoisotopic (exact) mass is 384 g/mol. The van der Waals surface area contributed by atoms with Crippen molar-refractivity contribution in [2.75, 3.05) is 13.2 Å². The molecule has 0 aromatic heterocycles. The summed E-state index contributed by atoms with van der Waals surface area (Å²) in [5.41, 5.74) is 0. The number of allylic oxidation sites excluding steroid dienone is 2. The van der Waals surface area contributed by atoms with Gasteiger partial charge in [0.05, 0.1) is 6.61 Å². The largest absolute Gasteiger partial charge is 0.463 e. The Morgan fingerprint density at radius 2 is 1.63 bits per heavy atom. The van der Waals surface area contributed by atoms with E-state index in [0.717, 1.165) is 19.3 Å². The predicted molar refractivity (Wildman–Crippen MR) is 95.5 cm³/mol. The smallest absolute Gasteiger partial charge is 0.303 e. The molecule has 27 heavy (non-hydrogen) atoms. The van der Waals surface area contributed by atoms with Gasteiger partial charge in [-0.15, -0.1) is 6.58 Å². The van der Waals surface area contributed by atoms with Crippen LogP contribution in [0.25, 0.3) is 0 Å². The van der Waals surface area contributed by atoms with Gasteiger partial charge in [-0.05, 0) is 19.3 Å². The number of unbranched alkanes of at least 4 members (excludes halogenated alkanes) is 2. The van der Waals surface area contributed by atoms with Crippen molar-refractivity contribution in [2.45, 2.75) is 64.6 Å². The number of hydrogen-bond donors (Lipinski definition) is 0. The van der Waals surface area contributed by atoms with Crippen LogP contribution in [-0.4, -0.2) is 55.7 Å². The fourth-order valence-electron chi connectivity index (χ4n) is 2.53. The first kappa shape index (κ1) is 22.9. The van der Waals surface area contributed by atoms with Gasteiger partial charge >= 0.3 is 17.9 Å². The van der Waals surface area contributed by atoms with E-state index in [2.05, 4.69) is 6.58 Å². The van der Waals surface area contributed by atoms with Crippen molar-refractivity contribution >= 4 is 17.9 Å². The molecule has 0 amide bonds. The lowest BCUT2D eigenvalue weighted by atomic mass is 10.1. The second kappa shape index (κ2) is 12.2. The van der Waals surface area contributed by atoms with E-state index in [0.29, 0.717) is 0 Å². The van der Waals surface area contributed by atoms with Gasteiger partial charge in [0.25, 0.3) is 0 Å². The van der Waals surface area contributed by atoms with Crippen molar-refractivity contribution in [3.8, 4) is 0 Å². The molecule has 1 aliphatic heterocycles. The molecule has 0 saturated carbocycles. The lowest BCUT2D eigenvalue weighted by Crippen LogP contribution is -2.41. The molecule has 0 bridgehead atoms. The molecule has 0 aromatic rings. The Balaban J connectivity index is 2.73. The minimum absolute atomic E-state index is 0.150. The van der Waals surface area contributed by atoms with Gasteiger partial charge in [-0.3, -0.25) is 14.4 Å². The fourth-order valence-corrected chi connectivity index (χ4v) is 2.53. The molecular formula is C19H28O8. The van der Waals surface area contributed by atoms with E-state index in [1.54, 1.807) is 0 Å². The van der Waals surface area contributed by atoms with Crippen LogP contribution in [-0.2, 0) is 38.1 Å². The third-order valence-corrected chi connectivity index (χ3v) is 3.62. The zero-order valence-corrected chi connectivity index (χ0v) is 16.1. The zero-order chi connectivity index (χ0) is 20.2. The third-order valence-electron chi connectivity index (χ3n) is 3.62. The van der Waals surface area contributed by atoms with Crippen LogP contribution >= 0.6 is 0 Å². The maximum Gasteiger partial charge on any atom is 0.303 e. The summed E-state index contributed by atoms with van der Waals surface area (Å²) in [7, 11) is 0. The summed E-state index contributed by atoms with van der Waals surface area (Å²) < 4.78 is 26.7. The maximum atomic E-state index is 11.4. The maximum absolute atomic E-state index is 11.4. The highest BCUT2D eigenvalue weighted by Crippen LogP contribution is 2.28. The SMILES string of the molecule is C=CCCC/C=C/CO[C@H]1O[C@@H](COC(C)=O)[C@H](OC(C)=O)[C@H]1OC(C)=O. The van der Waals surface area contributed by atoms with E-state index in [1.165, 1.54) is 20.8 Å². The van der Waals surface area contributed by atoms with Crippen molar-refractivity contribution in [1.82, 2.24) is 0 Å². The van der Waals surface area contributed by atoms with Gasteiger partial charge in [0.15, 0.2) is 18.5 Å². The van der Waals surface area contributed by atoms with Crippen LogP contribution in [0.15, 0.2) is 24.8 Å². The lowest BCUT2D eigenvalue weighted by molar-refractivity contribution is -0.186. The molecule has 1 fully saturated rings. The molecule has 0 N–H and O–H groups in total. The average Bonchev–Trinajstić information content (AvgIpc) is 2.88. The summed E-state index contributed by atoms with van der Waals surface area (Å²) >= 11 is 0. The molecule has 1 saturated heterocycles. The summed E-state index contributed by atoms with van der Waals surface area (Å²) in [6, 6.07) is 0. The molecule has 0 unspecified atom stereocenters. The second-order valence-electron chi connectivity index (χ2n) is 6.02. The molecule has 0 radical (unpaired) electrons. The fraction of sp³-hybridized carbons (Fsp3) is 0.632. The Morgan fingerprint density at radius 1 is 0.963 bits per heavy atom. The molecule has 1 rings (SSSR count). The molecule has 8 heteroatoms. The molecule has 1 aliphatic rings. The molecular weight excluding hydrogens is 356 g/mol. The summed E-state index contributed by atoms with van der Waals surface area (Å²) in [6.07, 6.45) is 4.84. The predicted octanol–water partition coefficient (Wildman–Crippen LogP) is 2.07. The Labute approximate surface area is 159 Å². The van der Waals surface area contributed by atoms with E-state index in [4.69, 9.17) is 23.7 Å². The highest BCUT2D eigenvalue weighted by atomic mass is 16.7. The van der Waals surface area contributed by atoms with Crippen molar-refractivity contribution < 1.29 is 38.1 Å². The van der Waals surface area contributed by atoms with Crippen molar-refractivity contribution in [2.24, 2.45) is 0 Å². The van der Waals surface area contributed by atoms with Gasteiger partial charge in [0.1, 0.15) is 12.7 Å². The van der Waals surface area contributed by atoms with Gasteiger partial charge in [-0.2, -0.15) is 0 Å². The quantitative estimate of drug-likeness (QED) is 0.231. The van der Waals surface area contributed by atoms with E-state index < -0.39 is 42.5 Å². The second-order valence-corrected chi connectivity index (χ2v) is 6.02. The molecule has 8 nitrogen and oxygen atoms in total. The first-order valence-corrected chi connectivity index (χ1v) is 8.86. The topological polar surface area (TPSA) is 97.4 Å². The molecule has 0 aliphatic carbocycles. The van der Waals surface area contributed by atoms with Gasteiger partial charge in [0.2, 0.25) is 0 Å². The van der Waals surface area contributed by atoms with Gasteiger partial charge in [-0.25, -0.2) is 0 Å². The van der Waals surface area contributed by atoms with E-state index in [9.17, 15) is 14.4 Å². The third kappa shape index (κ3) is 8.83. The minimum atomic E-state index is -0.957. The van der Waals surface area contributed by atoms with E-state index >= 15 is 0 Å². The molecule has 4 atom stereocenters. The van der Waals surface area contributed by atoms with E-state index in [-0.39, 0.29) is 13.2 Å². The number of hydrogen-bond acceptors (Lipinski definition) is 8. The molecule has 152 valence electrons. The first-order valence-electron chi connectivity index (χ1n) is 8.86. The van der Waals surface area contributed by atoms with Gasteiger partial charge < -0.3 is 23.7 Å². The summed E-state index contributed by atoms with van der Waals surface area (Å²) in [5.74, 6) is -1.64. The molecule has 0 aromatic carbocycles. The van der Waals surface area contributed by atoms with Gasteiger partial charge in [0, 0.05) is 20.8 Å². The summed E-state index contributed by atoms with van der Waals surface area (Å²) in [6.45, 7) is 7.46. The van der Waals surface area contributed by atoms with E-state index in [1.807, 2.05) is 18.2 Å². The Bertz CT molecular complexity index is 542. The minimum Gasteiger partial charge on any atom is -0.463 e. The van der Waals surface area contributed by atoms with Crippen LogP contribution < -0.4 is 0 Å². The zero-order valence-electron chi connectivity index (χ0n) is 16.1. The van der Waals surface area contributed by atoms with Crippen LogP contribution in [0.4, 0.5) is 0 Å². The summed E-state index contributed by atoms with van der Waals surface area (Å²) in [5, 5.41) is 0. The standard InChI is InChI=1S/C19H28O8/c1-5-6-7-8-9-10-11-23-19-18(26-15(4)22)17(25-14(3)21)16(27-19)12-24-13(2)20/h5,9-10,16-19H,1,6-8,11-12H2,2-4H3/b10-9+/t16-,17-,18+,19-/m0/s1. The lowest BCUT2D eigenvalue weighted by Gasteiger charge is -2.23. The van der Waals surface area contributed by atoms with Crippen LogP contribution in [0.5, 0.6) is 0 Å². The van der Waals surface area contributed by atoms with Crippen LogP contribution in [0.3, 0.4) is 0 Å². The number of ether oxygens (including phenoxy) is 5. The van der Waals surface area contributed by atoms with Crippen molar-refractivity contribution in [1.29, 1.82) is 0 Å². The normalized spacial score (nSPS) is 24.6. The Hall–Kier alpha value is -2.19. The average molecular weight is 384 g/mol. The van der Waals surface area contributed by atoms with Crippen LogP contribution in [0.1, 0.15) is 40.0 Å². The molecule has 0 spiro atoms. The Morgan fingerprint density at radius 3 is 2.22 bits per heavy atom. The molecule has 1 heterocycles. The van der Waals surface area contributed by atoms with Crippen molar-refractivity contribution in [3.63, 3.8) is 0 Å². The van der Waals surface area contributed by atoms with Crippen LogP contribution in [0.2, 0.25) is 0 Å². The number of esters is 3. The Kier molecular flexibility index (Phi) is 10.4. The van der Waals surface area contributed by atoms with Gasteiger partial charge in [-0.1, -0.05) is 18.2 Å². The first-order chi connectivity index (χ1) is 12.8. The summed E-state index contributed by atoms with van der Waals surface area (Å²) in [4.78, 5) is 33.9. The number of carbonyl (C=O) groups excluding carboxylic acids is 3. The highest BCUT2D eigenvalue weighted by molar-refractivity contribution is 5.67. The van der Waals surface area contributed by atoms with Crippen molar-refractivity contribution in [3.05, 3.63) is 24.8 Å². The highest BCUT2D eigenvalue weighted by Gasteiger charge is 2.50. The van der Waals surface area contributed by atoms with Crippen LogP contribution in [0, 0.1) is 0 Å². The number of rotatable bonds is 11.